The molecule has 168 valence electrons. The van der Waals surface area contributed by atoms with Crippen molar-refractivity contribution in [2.75, 3.05) is 8.61 Å². The molecule has 0 saturated carbocycles. The Labute approximate surface area is 183 Å². The van der Waals surface area contributed by atoms with Gasteiger partial charge in [0.05, 0.1) is 11.4 Å². The molecule has 2 aromatic rings. The SMILES string of the molecule is CC(C)(C)OC(=O)N(c1ccccc1)S(=O)(=O)N(C(=O)OC(C)(C)C)c1ccccc1. The van der Waals surface area contributed by atoms with Gasteiger partial charge in [-0.05, 0) is 65.8 Å². The molecule has 0 aliphatic carbocycles. The van der Waals surface area contributed by atoms with Crippen LogP contribution in [0.2, 0.25) is 0 Å². The smallest absolute Gasteiger partial charge is 0.430 e. The lowest BCUT2D eigenvalue weighted by atomic mass is 10.2. The maximum Gasteiger partial charge on any atom is 0.430 e. The van der Waals surface area contributed by atoms with E-state index in [9.17, 15) is 18.0 Å². The predicted octanol–water partition coefficient (Wildman–Crippen LogP) is 5.11. The number of carbonyl (C=O) groups excluding carboxylic acids is 2. The second kappa shape index (κ2) is 8.97. The van der Waals surface area contributed by atoms with Crippen LogP contribution in [-0.4, -0.2) is 31.8 Å². The van der Waals surface area contributed by atoms with Gasteiger partial charge in [0.1, 0.15) is 11.2 Å². The normalized spacial score (nSPS) is 12.1. The summed E-state index contributed by atoms with van der Waals surface area (Å²) >= 11 is 0. The van der Waals surface area contributed by atoms with Gasteiger partial charge in [0.25, 0.3) is 0 Å². The van der Waals surface area contributed by atoms with Gasteiger partial charge in [0, 0.05) is 0 Å². The van der Waals surface area contributed by atoms with Crippen molar-refractivity contribution in [3.63, 3.8) is 0 Å². The molecule has 0 aromatic heterocycles. The highest BCUT2D eigenvalue weighted by Gasteiger charge is 2.42. The second-order valence-electron chi connectivity index (χ2n) is 8.67. The van der Waals surface area contributed by atoms with Crippen molar-refractivity contribution >= 4 is 33.8 Å². The summed E-state index contributed by atoms with van der Waals surface area (Å²) in [6, 6.07) is 15.4. The summed E-state index contributed by atoms with van der Waals surface area (Å²) in [6.07, 6.45) is -2.30. The second-order valence-corrected chi connectivity index (χ2v) is 10.3. The van der Waals surface area contributed by atoms with E-state index < -0.39 is 33.6 Å². The first kappa shape index (κ1) is 24.2. The summed E-state index contributed by atoms with van der Waals surface area (Å²) in [4.78, 5) is 26.0. The van der Waals surface area contributed by atoms with Gasteiger partial charge in [-0.25, -0.2) is 9.59 Å². The Balaban J connectivity index is 2.67. The third-order valence-electron chi connectivity index (χ3n) is 3.56. The van der Waals surface area contributed by atoms with Crippen molar-refractivity contribution in [1.82, 2.24) is 0 Å². The number of rotatable bonds is 4. The number of amides is 2. The summed E-state index contributed by atoms with van der Waals surface area (Å²) in [5.74, 6) is 0. The highest BCUT2D eigenvalue weighted by Crippen LogP contribution is 2.29. The maximum atomic E-state index is 13.7. The Kier molecular flexibility index (Phi) is 7.00. The summed E-state index contributed by atoms with van der Waals surface area (Å²) in [6.45, 7) is 9.69. The number of nitrogens with zero attached hydrogens (tertiary/aromatic N) is 2. The molecule has 2 aromatic carbocycles. The fourth-order valence-electron chi connectivity index (χ4n) is 2.48. The summed E-state index contributed by atoms with van der Waals surface area (Å²) in [5, 5.41) is 0. The van der Waals surface area contributed by atoms with Crippen LogP contribution >= 0.6 is 0 Å². The summed E-state index contributed by atoms with van der Waals surface area (Å²) in [5.41, 5.74) is -1.91. The van der Waals surface area contributed by atoms with E-state index in [1.807, 2.05) is 0 Å². The van der Waals surface area contributed by atoms with Crippen LogP contribution < -0.4 is 8.61 Å². The van der Waals surface area contributed by atoms with Crippen LogP contribution in [0.1, 0.15) is 41.5 Å². The number of hydrogen-bond acceptors (Lipinski definition) is 6. The minimum absolute atomic E-state index is 0.0150. The standard InChI is InChI=1S/C22H28N2O6S/c1-21(2,3)29-19(25)23(17-13-9-7-10-14-17)31(27,28)24(18-15-11-8-12-16-18)20(26)30-22(4,5)6/h7-16H,1-6H3. The molecule has 0 unspecified atom stereocenters. The van der Waals surface area contributed by atoms with E-state index in [0.717, 1.165) is 0 Å². The lowest BCUT2D eigenvalue weighted by molar-refractivity contribution is 0.0606. The molecule has 0 spiro atoms. The number of ether oxygens (including phenoxy) is 2. The van der Waals surface area contributed by atoms with Gasteiger partial charge in [-0.2, -0.15) is 17.0 Å². The molecule has 2 rings (SSSR count). The van der Waals surface area contributed by atoms with Crippen molar-refractivity contribution in [3.8, 4) is 0 Å². The molecule has 0 fully saturated rings. The van der Waals surface area contributed by atoms with E-state index in [1.165, 1.54) is 24.3 Å². The first-order chi connectivity index (χ1) is 14.2. The largest absolute Gasteiger partial charge is 0.443 e. The Morgan fingerprint density at radius 3 is 1.19 bits per heavy atom. The van der Waals surface area contributed by atoms with Gasteiger partial charge in [0.2, 0.25) is 0 Å². The van der Waals surface area contributed by atoms with Crippen LogP contribution in [0.25, 0.3) is 0 Å². The van der Waals surface area contributed by atoms with E-state index >= 15 is 0 Å². The Hall–Kier alpha value is -3.07. The molecule has 0 aliphatic rings. The average Bonchev–Trinajstić information content (AvgIpc) is 2.60. The zero-order valence-corrected chi connectivity index (χ0v) is 19.3. The van der Waals surface area contributed by atoms with E-state index in [0.29, 0.717) is 8.61 Å². The van der Waals surface area contributed by atoms with Crippen molar-refractivity contribution in [3.05, 3.63) is 60.7 Å². The fourth-order valence-corrected chi connectivity index (χ4v) is 3.87. The summed E-state index contributed by atoms with van der Waals surface area (Å²) < 4.78 is 39.1. The van der Waals surface area contributed by atoms with Crippen molar-refractivity contribution < 1.29 is 27.5 Å². The molecule has 8 nitrogen and oxygen atoms in total. The number of benzene rings is 2. The highest BCUT2D eigenvalue weighted by molar-refractivity contribution is 7.95. The van der Waals surface area contributed by atoms with Crippen LogP contribution in [0.4, 0.5) is 21.0 Å². The maximum absolute atomic E-state index is 13.7. The average molecular weight is 449 g/mol. The molecule has 0 atom stereocenters. The van der Waals surface area contributed by atoms with Crippen molar-refractivity contribution in [1.29, 1.82) is 0 Å². The molecule has 0 saturated heterocycles. The van der Waals surface area contributed by atoms with Crippen molar-refractivity contribution in [2.45, 2.75) is 52.7 Å². The van der Waals surface area contributed by atoms with Crippen LogP contribution in [0.15, 0.2) is 60.7 Å². The lowest BCUT2D eigenvalue weighted by Gasteiger charge is -2.32. The third-order valence-corrected chi connectivity index (χ3v) is 5.20. The third kappa shape index (κ3) is 6.45. The minimum atomic E-state index is -4.79. The van der Waals surface area contributed by atoms with E-state index in [1.54, 1.807) is 77.9 Å². The van der Waals surface area contributed by atoms with Crippen LogP contribution in [0, 0.1) is 0 Å². The Bertz CT molecular complexity index is 932. The van der Waals surface area contributed by atoms with Gasteiger partial charge in [-0.1, -0.05) is 36.4 Å². The molecule has 0 N–H and O–H groups in total. The molecule has 0 bridgehead atoms. The molecule has 9 heteroatoms. The Morgan fingerprint density at radius 2 is 0.935 bits per heavy atom. The topological polar surface area (TPSA) is 93.2 Å². The van der Waals surface area contributed by atoms with E-state index in [2.05, 4.69) is 0 Å². The number of para-hydroxylation sites is 2. The number of anilines is 2. The van der Waals surface area contributed by atoms with Gasteiger partial charge in [-0.15, -0.1) is 0 Å². The predicted molar refractivity (Wildman–Crippen MR) is 119 cm³/mol. The van der Waals surface area contributed by atoms with Crippen LogP contribution in [-0.2, 0) is 19.7 Å². The van der Waals surface area contributed by atoms with Gasteiger partial charge in [-0.3, -0.25) is 0 Å². The zero-order chi connectivity index (χ0) is 23.4. The monoisotopic (exact) mass is 448 g/mol. The van der Waals surface area contributed by atoms with Gasteiger partial charge >= 0.3 is 22.4 Å². The zero-order valence-electron chi connectivity index (χ0n) is 18.5. The quantitative estimate of drug-likeness (QED) is 0.645. The molecular weight excluding hydrogens is 420 g/mol. The van der Waals surface area contributed by atoms with E-state index in [-0.39, 0.29) is 11.4 Å². The summed E-state index contributed by atoms with van der Waals surface area (Å²) in [7, 11) is -4.79. The van der Waals surface area contributed by atoms with Crippen LogP contribution in [0.5, 0.6) is 0 Å². The fraction of sp³-hybridized carbons (Fsp3) is 0.364. The number of hydrogen-bond donors (Lipinski definition) is 0. The van der Waals surface area contributed by atoms with Gasteiger partial charge in [0.15, 0.2) is 0 Å². The van der Waals surface area contributed by atoms with Gasteiger partial charge < -0.3 is 9.47 Å². The molecule has 0 heterocycles. The molecule has 0 radical (unpaired) electrons. The highest BCUT2D eigenvalue weighted by atomic mass is 32.2. The Morgan fingerprint density at radius 1 is 0.645 bits per heavy atom. The van der Waals surface area contributed by atoms with Crippen LogP contribution in [0.3, 0.4) is 0 Å². The minimum Gasteiger partial charge on any atom is -0.443 e. The van der Waals surface area contributed by atoms with Crippen molar-refractivity contribution in [2.24, 2.45) is 0 Å². The van der Waals surface area contributed by atoms with E-state index in [4.69, 9.17) is 9.47 Å². The molecule has 0 aliphatic heterocycles. The molecule has 2 amide bonds. The molecule has 31 heavy (non-hydrogen) atoms. The first-order valence-corrected chi connectivity index (χ1v) is 11.0. The lowest BCUT2D eigenvalue weighted by Crippen LogP contribution is -2.52. The number of carbonyl (C=O) groups is 2. The first-order valence-electron chi connectivity index (χ1n) is 9.64. The molecular formula is C22H28N2O6S.